The zero-order chi connectivity index (χ0) is 17.1. The molecule has 23 heavy (non-hydrogen) atoms. The van der Waals surface area contributed by atoms with Crippen LogP contribution in [0.25, 0.3) is 0 Å². The summed E-state index contributed by atoms with van der Waals surface area (Å²) in [5, 5.41) is 0. The number of hydrogen-bond acceptors (Lipinski definition) is 1. The Kier molecular flexibility index (Phi) is 9.12. The summed E-state index contributed by atoms with van der Waals surface area (Å²) >= 11 is 0. The minimum atomic E-state index is 0.556. The molecule has 0 unspecified atom stereocenters. The zero-order valence-electron chi connectivity index (χ0n) is 15.5. The Bertz CT molecular complexity index is 505. The molecule has 126 valence electrons. The summed E-state index contributed by atoms with van der Waals surface area (Å²) in [5.41, 5.74) is 4.19. The number of allylic oxidation sites excluding steroid dienone is 6. The summed E-state index contributed by atoms with van der Waals surface area (Å²) in [7, 11) is 4.21. The van der Waals surface area contributed by atoms with E-state index in [-0.39, 0.29) is 0 Å². The largest absolute Gasteiger partial charge is 0.381 e. The van der Waals surface area contributed by atoms with Crippen LogP contribution in [-0.2, 0) is 12.8 Å². The fourth-order valence-corrected chi connectivity index (χ4v) is 2.63. The first kappa shape index (κ1) is 19.3. The van der Waals surface area contributed by atoms with Gasteiger partial charge < -0.3 is 4.90 Å². The number of rotatable bonds is 9. The highest BCUT2D eigenvalue weighted by atomic mass is 15.1. The lowest BCUT2D eigenvalue weighted by Gasteiger charge is -2.20. The maximum Gasteiger partial charge on any atom is 0.0153 e. The van der Waals surface area contributed by atoms with Crippen molar-refractivity contribution >= 4 is 0 Å². The van der Waals surface area contributed by atoms with E-state index in [2.05, 4.69) is 94.4 Å². The van der Waals surface area contributed by atoms with E-state index in [4.69, 9.17) is 0 Å². The van der Waals surface area contributed by atoms with Gasteiger partial charge in [0.1, 0.15) is 0 Å². The van der Waals surface area contributed by atoms with Crippen LogP contribution in [0.5, 0.6) is 0 Å². The predicted molar refractivity (Wildman–Crippen MR) is 104 cm³/mol. The van der Waals surface area contributed by atoms with Gasteiger partial charge in [0.2, 0.25) is 0 Å². The molecular formula is C22H33N. The van der Waals surface area contributed by atoms with E-state index in [1.807, 2.05) is 0 Å². The Morgan fingerprint density at radius 1 is 1.00 bits per heavy atom. The fraction of sp³-hybridized carbons (Fsp3) is 0.455. The molecule has 0 fully saturated rings. The normalized spacial score (nSPS) is 12.7. The molecule has 1 aromatic carbocycles. The van der Waals surface area contributed by atoms with Gasteiger partial charge in [-0.15, -0.1) is 0 Å². The number of aryl methyl sites for hydroxylation is 1. The molecule has 0 aliphatic heterocycles. The number of benzene rings is 1. The average molecular weight is 312 g/mol. The van der Waals surface area contributed by atoms with Gasteiger partial charge in [0.05, 0.1) is 0 Å². The summed E-state index contributed by atoms with van der Waals surface area (Å²) in [4.78, 5) is 2.19. The highest BCUT2D eigenvalue weighted by molar-refractivity contribution is 5.24. The summed E-state index contributed by atoms with van der Waals surface area (Å²) in [5.74, 6) is 0.556. The molecular weight excluding hydrogens is 278 g/mol. The predicted octanol–water partition coefficient (Wildman–Crippen LogP) is 5.79. The molecule has 1 rings (SSSR count). The lowest BCUT2D eigenvalue weighted by molar-refractivity contribution is 0.447. The second kappa shape index (κ2) is 10.9. The molecule has 0 N–H and O–H groups in total. The van der Waals surface area contributed by atoms with Crippen LogP contribution in [0.4, 0.5) is 0 Å². The lowest BCUT2D eigenvalue weighted by Crippen LogP contribution is -2.15. The van der Waals surface area contributed by atoms with Crippen LogP contribution in [0.3, 0.4) is 0 Å². The van der Waals surface area contributed by atoms with Crippen molar-refractivity contribution < 1.29 is 0 Å². The van der Waals surface area contributed by atoms with Crippen LogP contribution in [0.1, 0.15) is 44.7 Å². The number of hydrogen-bond donors (Lipinski definition) is 0. The van der Waals surface area contributed by atoms with Crippen molar-refractivity contribution in [2.75, 3.05) is 14.1 Å². The molecule has 0 saturated heterocycles. The smallest absolute Gasteiger partial charge is 0.0153 e. The van der Waals surface area contributed by atoms with Crippen LogP contribution in [0.15, 0.2) is 60.3 Å². The van der Waals surface area contributed by atoms with E-state index in [1.54, 1.807) is 0 Å². The minimum Gasteiger partial charge on any atom is -0.381 e. The highest BCUT2D eigenvalue weighted by Crippen LogP contribution is 2.12. The van der Waals surface area contributed by atoms with Crippen LogP contribution < -0.4 is 0 Å². The van der Waals surface area contributed by atoms with Gasteiger partial charge in [-0.2, -0.15) is 0 Å². The third-order valence-corrected chi connectivity index (χ3v) is 3.87. The first-order valence-electron chi connectivity index (χ1n) is 8.81. The van der Waals surface area contributed by atoms with Crippen LogP contribution in [0, 0.1) is 5.92 Å². The van der Waals surface area contributed by atoms with Gasteiger partial charge in [0.25, 0.3) is 0 Å². The topological polar surface area (TPSA) is 3.24 Å². The second-order valence-corrected chi connectivity index (χ2v) is 6.55. The third-order valence-electron chi connectivity index (χ3n) is 3.87. The summed E-state index contributed by atoms with van der Waals surface area (Å²) in [6.45, 7) is 6.68. The van der Waals surface area contributed by atoms with Gasteiger partial charge in [0, 0.05) is 19.8 Å². The molecule has 0 heterocycles. The van der Waals surface area contributed by atoms with Gasteiger partial charge >= 0.3 is 0 Å². The van der Waals surface area contributed by atoms with Crippen LogP contribution >= 0.6 is 0 Å². The first-order chi connectivity index (χ1) is 11.0. The lowest BCUT2D eigenvalue weighted by atomic mass is 10.1. The molecule has 0 spiro atoms. The molecule has 0 bridgehead atoms. The second-order valence-electron chi connectivity index (χ2n) is 6.55. The Balaban J connectivity index is 2.39. The van der Waals surface area contributed by atoms with E-state index < -0.39 is 0 Å². The fourth-order valence-electron chi connectivity index (χ4n) is 2.63. The van der Waals surface area contributed by atoms with Crippen molar-refractivity contribution in [1.29, 1.82) is 0 Å². The zero-order valence-corrected chi connectivity index (χ0v) is 15.5. The Morgan fingerprint density at radius 2 is 1.65 bits per heavy atom. The Labute approximate surface area is 143 Å². The van der Waals surface area contributed by atoms with Crippen molar-refractivity contribution in [3.05, 3.63) is 71.5 Å². The highest BCUT2D eigenvalue weighted by Gasteiger charge is 2.02. The maximum absolute atomic E-state index is 2.26. The SMILES string of the molecule is CCCc1ccc(C/C=C/C/C=C\C=C(\C(C)C)N(C)C)cc1. The monoisotopic (exact) mass is 311 g/mol. The molecule has 0 amide bonds. The molecule has 1 heteroatoms. The number of nitrogens with zero attached hydrogens (tertiary/aromatic N) is 1. The van der Waals surface area contributed by atoms with Gasteiger partial charge in [-0.3, -0.25) is 0 Å². The molecule has 1 nitrogen and oxygen atoms in total. The molecule has 0 aromatic heterocycles. The van der Waals surface area contributed by atoms with E-state index in [9.17, 15) is 0 Å². The van der Waals surface area contributed by atoms with E-state index in [0.29, 0.717) is 5.92 Å². The molecule has 0 saturated carbocycles. The standard InChI is InChI=1S/C22H33N/c1-6-12-20-15-17-21(18-16-20)13-10-8-7-9-11-14-22(19(2)3)23(4)5/h8-11,14-19H,6-7,12-13H2,1-5H3/b10-8+,11-9-,22-14-. The van der Waals surface area contributed by atoms with Gasteiger partial charge in [-0.05, 0) is 42.4 Å². The summed E-state index contributed by atoms with van der Waals surface area (Å²) < 4.78 is 0. The Morgan fingerprint density at radius 3 is 2.22 bits per heavy atom. The van der Waals surface area contributed by atoms with Crippen molar-refractivity contribution in [3.8, 4) is 0 Å². The van der Waals surface area contributed by atoms with Crippen LogP contribution in [-0.4, -0.2) is 19.0 Å². The third kappa shape index (κ3) is 7.88. The molecule has 0 aliphatic carbocycles. The minimum absolute atomic E-state index is 0.556. The molecule has 0 radical (unpaired) electrons. The Hall–Kier alpha value is -1.76. The van der Waals surface area contributed by atoms with E-state index >= 15 is 0 Å². The van der Waals surface area contributed by atoms with Gasteiger partial charge in [-0.1, -0.05) is 75.8 Å². The van der Waals surface area contributed by atoms with E-state index in [1.165, 1.54) is 29.7 Å². The van der Waals surface area contributed by atoms with Crippen molar-refractivity contribution in [2.24, 2.45) is 5.92 Å². The van der Waals surface area contributed by atoms with Crippen molar-refractivity contribution in [1.82, 2.24) is 4.90 Å². The van der Waals surface area contributed by atoms with Gasteiger partial charge in [-0.25, -0.2) is 0 Å². The molecule has 0 atom stereocenters. The van der Waals surface area contributed by atoms with Crippen molar-refractivity contribution in [2.45, 2.75) is 46.5 Å². The molecule has 1 aromatic rings. The quantitative estimate of drug-likeness (QED) is 0.412. The van der Waals surface area contributed by atoms with E-state index in [0.717, 1.165) is 12.8 Å². The van der Waals surface area contributed by atoms with Crippen LogP contribution in [0.2, 0.25) is 0 Å². The first-order valence-corrected chi connectivity index (χ1v) is 8.81. The summed E-state index contributed by atoms with van der Waals surface area (Å²) in [6.07, 6.45) is 15.5. The van der Waals surface area contributed by atoms with Crippen molar-refractivity contribution in [3.63, 3.8) is 0 Å². The molecule has 0 aliphatic rings. The average Bonchev–Trinajstić information content (AvgIpc) is 2.51. The summed E-state index contributed by atoms with van der Waals surface area (Å²) in [6, 6.07) is 9.01. The maximum atomic E-state index is 2.26. The van der Waals surface area contributed by atoms with Gasteiger partial charge in [0.15, 0.2) is 0 Å².